The van der Waals surface area contributed by atoms with Gasteiger partial charge in [0.05, 0.1) is 6.21 Å². The predicted octanol–water partition coefficient (Wildman–Crippen LogP) is 3.01. The van der Waals surface area contributed by atoms with Gasteiger partial charge in [-0.2, -0.15) is 9.78 Å². The molecule has 2 aromatic rings. The molecule has 23 heavy (non-hydrogen) atoms. The van der Waals surface area contributed by atoms with Crippen molar-refractivity contribution in [2.75, 3.05) is 6.26 Å². The summed E-state index contributed by atoms with van der Waals surface area (Å²) in [5, 5.41) is 22.5. The van der Waals surface area contributed by atoms with Gasteiger partial charge in [-0.3, -0.25) is 4.79 Å². The number of benzene rings is 1. The second-order valence-electron chi connectivity index (χ2n) is 5.85. The number of phenols is 1. The Bertz CT molecular complexity index is 812. The maximum absolute atomic E-state index is 12.6. The van der Waals surface area contributed by atoms with Gasteiger partial charge in [-0.1, -0.05) is 48.5 Å². The van der Waals surface area contributed by atoms with E-state index in [0.717, 1.165) is 4.47 Å². The van der Waals surface area contributed by atoms with Crippen LogP contribution in [-0.4, -0.2) is 32.5 Å². The molecule has 8 heteroatoms. The number of halogens is 1. The summed E-state index contributed by atoms with van der Waals surface area (Å²) in [5.74, 6) is 0.0776. The molecule has 0 unspecified atom stereocenters. The van der Waals surface area contributed by atoms with Gasteiger partial charge in [0.15, 0.2) is 0 Å². The summed E-state index contributed by atoms with van der Waals surface area (Å²) >= 11 is 4.61. The third-order valence-corrected chi connectivity index (χ3v) is 4.12. The average molecular weight is 397 g/mol. The normalized spacial score (nSPS) is 12.0. The quantitative estimate of drug-likeness (QED) is 0.636. The Hall–Kier alpha value is -1.67. The van der Waals surface area contributed by atoms with Crippen molar-refractivity contribution in [3.05, 3.63) is 44.3 Å². The molecule has 0 atom stereocenters. The van der Waals surface area contributed by atoms with Crippen LogP contribution in [0.1, 0.15) is 32.0 Å². The molecular weight excluding hydrogens is 380 g/mol. The lowest BCUT2D eigenvalue weighted by Gasteiger charge is -2.16. The summed E-state index contributed by atoms with van der Waals surface area (Å²) in [6.07, 6.45) is 3.22. The Morgan fingerprint density at radius 2 is 2.04 bits per heavy atom. The van der Waals surface area contributed by atoms with Crippen LogP contribution in [0.25, 0.3) is 0 Å². The zero-order chi connectivity index (χ0) is 17.2. The van der Waals surface area contributed by atoms with Gasteiger partial charge in [0.1, 0.15) is 11.4 Å². The Labute approximate surface area is 146 Å². The molecule has 1 aromatic heterocycles. The van der Waals surface area contributed by atoms with E-state index < -0.39 is 5.41 Å². The SMILES string of the molecule is CSc1nnc(C(C)(C)C)c(=O)n1/N=C/c1cc(Br)ccc1O. The highest BCUT2D eigenvalue weighted by Crippen LogP contribution is 2.21. The number of nitrogens with zero attached hydrogens (tertiary/aromatic N) is 4. The monoisotopic (exact) mass is 396 g/mol. The highest BCUT2D eigenvalue weighted by molar-refractivity contribution is 9.10. The van der Waals surface area contributed by atoms with Crippen molar-refractivity contribution >= 4 is 33.9 Å². The molecule has 0 radical (unpaired) electrons. The molecule has 0 bridgehead atoms. The smallest absolute Gasteiger partial charge is 0.297 e. The third kappa shape index (κ3) is 4.00. The molecule has 0 saturated carbocycles. The van der Waals surface area contributed by atoms with Crippen molar-refractivity contribution in [3.63, 3.8) is 0 Å². The maximum Gasteiger partial charge on any atom is 0.297 e. The number of thioether (sulfide) groups is 1. The summed E-state index contributed by atoms with van der Waals surface area (Å²) in [4.78, 5) is 12.6. The van der Waals surface area contributed by atoms with Crippen LogP contribution in [0.2, 0.25) is 0 Å². The number of rotatable bonds is 3. The number of hydrogen-bond acceptors (Lipinski definition) is 6. The number of aromatic hydroxyl groups is 1. The van der Waals surface area contributed by atoms with Crippen molar-refractivity contribution < 1.29 is 5.11 Å². The summed E-state index contributed by atoms with van der Waals surface area (Å²) in [5.41, 5.74) is 0.0804. The fourth-order valence-corrected chi connectivity index (χ4v) is 2.62. The van der Waals surface area contributed by atoms with E-state index >= 15 is 0 Å². The van der Waals surface area contributed by atoms with Crippen molar-refractivity contribution in [2.45, 2.75) is 31.3 Å². The lowest BCUT2D eigenvalue weighted by Crippen LogP contribution is -2.32. The third-order valence-electron chi connectivity index (χ3n) is 3.01. The largest absolute Gasteiger partial charge is 0.507 e. The minimum atomic E-state index is -0.434. The Balaban J connectivity index is 2.56. The summed E-state index contributed by atoms with van der Waals surface area (Å²) < 4.78 is 2.01. The topological polar surface area (TPSA) is 80.4 Å². The first kappa shape index (κ1) is 17.7. The van der Waals surface area contributed by atoms with Gasteiger partial charge in [-0.15, -0.1) is 10.2 Å². The number of hydrogen-bond donors (Lipinski definition) is 1. The fraction of sp³-hybridized carbons (Fsp3) is 0.333. The van der Waals surface area contributed by atoms with Gasteiger partial charge in [-0.25, -0.2) is 0 Å². The van der Waals surface area contributed by atoms with Crippen LogP contribution < -0.4 is 5.56 Å². The van der Waals surface area contributed by atoms with Crippen LogP contribution in [0, 0.1) is 0 Å². The van der Waals surface area contributed by atoms with Crippen molar-refractivity contribution in [1.82, 2.24) is 14.9 Å². The number of aromatic nitrogens is 3. The van der Waals surface area contributed by atoms with E-state index in [1.807, 2.05) is 20.8 Å². The van der Waals surface area contributed by atoms with Gasteiger partial charge in [0.2, 0.25) is 5.16 Å². The first-order chi connectivity index (χ1) is 10.7. The summed E-state index contributed by atoms with van der Waals surface area (Å²) in [6, 6.07) is 4.98. The zero-order valence-electron chi connectivity index (χ0n) is 13.2. The molecule has 0 spiro atoms. The molecule has 0 fully saturated rings. The molecule has 0 aliphatic carbocycles. The van der Waals surface area contributed by atoms with Gasteiger partial charge in [-0.05, 0) is 24.5 Å². The van der Waals surface area contributed by atoms with E-state index in [2.05, 4.69) is 31.2 Å². The summed E-state index contributed by atoms with van der Waals surface area (Å²) in [7, 11) is 0. The molecule has 6 nitrogen and oxygen atoms in total. The van der Waals surface area contributed by atoms with Crippen LogP contribution in [0.5, 0.6) is 5.75 Å². The lowest BCUT2D eigenvalue weighted by molar-refractivity contribution is 0.474. The maximum atomic E-state index is 12.6. The van der Waals surface area contributed by atoms with Crippen molar-refractivity contribution in [3.8, 4) is 5.75 Å². The molecule has 1 aromatic carbocycles. The van der Waals surface area contributed by atoms with Gasteiger partial charge >= 0.3 is 0 Å². The molecular formula is C15H17BrN4O2S. The zero-order valence-corrected chi connectivity index (χ0v) is 15.6. The van der Waals surface area contributed by atoms with Crippen LogP contribution in [0.4, 0.5) is 0 Å². The lowest BCUT2D eigenvalue weighted by atomic mass is 9.93. The van der Waals surface area contributed by atoms with Gasteiger partial charge in [0, 0.05) is 15.5 Å². The molecule has 1 heterocycles. The predicted molar refractivity (Wildman–Crippen MR) is 95.6 cm³/mol. The minimum Gasteiger partial charge on any atom is -0.507 e. The first-order valence-corrected chi connectivity index (χ1v) is 8.83. The molecule has 0 aliphatic heterocycles. The van der Waals surface area contributed by atoms with Crippen molar-refractivity contribution in [1.29, 1.82) is 0 Å². The Morgan fingerprint density at radius 3 is 2.65 bits per heavy atom. The van der Waals surface area contributed by atoms with E-state index in [-0.39, 0.29) is 11.3 Å². The van der Waals surface area contributed by atoms with Gasteiger partial charge < -0.3 is 5.11 Å². The van der Waals surface area contributed by atoms with Crippen LogP contribution in [0.15, 0.2) is 37.7 Å². The van der Waals surface area contributed by atoms with E-state index in [0.29, 0.717) is 16.4 Å². The van der Waals surface area contributed by atoms with E-state index in [1.165, 1.54) is 22.7 Å². The van der Waals surface area contributed by atoms with Crippen LogP contribution >= 0.6 is 27.7 Å². The minimum absolute atomic E-state index is 0.0776. The molecule has 2 rings (SSSR count). The van der Waals surface area contributed by atoms with E-state index in [4.69, 9.17) is 0 Å². The molecule has 0 saturated heterocycles. The Kier molecular flexibility index (Phi) is 5.26. The van der Waals surface area contributed by atoms with Gasteiger partial charge in [0.25, 0.3) is 5.56 Å². The van der Waals surface area contributed by atoms with Crippen molar-refractivity contribution in [2.24, 2.45) is 5.10 Å². The van der Waals surface area contributed by atoms with Crippen LogP contribution in [-0.2, 0) is 5.41 Å². The molecule has 122 valence electrons. The van der Waals surface area contributed by atoms with E-state index in [9.17, 15) is 9.90 Å². The van der Waals surface area contributed by atoms with Crippen LogP contribution in [0.3, 0.4) is 0 Å². The molecule has 0 amide bonds. The molecule has 1 N–H and O–H groups in total. The Morgan fingerprint density at radius 1 is 1.35 bits per heavy atom. The molecule has 0 aliphatic rings. The highest BCUT2D eigenvalue weighted by atomic mass is 79.9. The van der Waals surface area contributed by atoms with E-state index in [1.54, 1.807) is 24.5 Å². The second kappa shape index (κ2) is 6.84. The average Bonchev–Trinajstić information content (AvgIpc) is 2.47. The number of phenolic OH excluding ortho intramolecular Hbond substituents is 1. The first-order valence-electron chi connectivity index (χ1n) is 6.81. The standard InChI is InChI=1S/C15H17BrN4O2S/c1-15(2,3)12-13(22)20(14(23-4)19-18-12)17-8-9-7-10(16)5-6-11(9)21/h5-8,21H,1-4H3/b17-8+. The second-order valence-corrected chi connectivity index (χ2v) is 7.54. The summed E-state index contributed by atoms with van der Waals surface area (Å²) in [6.45, 7) is 5.68. The fourth-order valence-electron chi connectivity index (χ4n) is 1.81. The highest BCUT2D eigenvalue weighted by Gasteiger charge is 2.23.